The number of amides is 1. The predicted molar refractivity (Wildman–Crippen MR) is 75.9 cm³/mol. The normalized spacial score (nSPS) is 18.6. The molecule has 0 aromatic heterocycles. The highest BCUT2D eigenvalue weighted by molar-refractivity contribution is 5.65. The first-order valence-electron chi connectivity index (χ1n) is 6.74. The average molecular weight is 279 g/mol. The molecule has 20 heavy (non-hydrogen) atoms. The Morgan fingerprint density at radius 1 is 1.25 bits per heavy atom. The Balaban J connectivity index is 2.03. The van der Waals surface area contributed by atoms with Crippen molar-refractivity contribution in [2.45, 2.75) is 6.04 Å². The van der Waals surface area contributed by atoms with E-state index in [2.05, 4.69) is 22.2 Å². The van der Waals surface area contributed by atoms with Crippen LogP contribution in [0.25, 0.3) is 0 Å². The molecule has 1 aliphatic rings. The highest BCUT2D eigenvalue weighted by atomic mass is 16.4. The number of carboxylic acid groups (broad SMARTS) is 1. The molecule has 0 aliphatic carbocycles. The standard InChI is InChI=1S/C14H21N3O3/c1-16-6-8-17(9-7-16)10-13(15-14(19)20)11-2-4-12(18)5-3-11/h2-5,13,15,18H,6-10H2,1H3,(H,19,20)/t13-/m0/s1. The molecule has 2 rings (SSSR count). The van der Waals surface area contributed by atoms with Crippen LogP contribution in [0.1, 0.15) is 11.6 Å². The molecular formula is C14H21N3O3. The molecule has 6 nitrogen and oxygen atoms in total. The van der Waals surface area contributed by atoms with E-state index in [1.54, 1.807) is 24.3 Å². The number of piperazine rings is 1. The van der Waals surface area contributed by atoms with Gasteiger partial charge in [-0.1, -0.05) is 12.1 Å². The van der Waals surface area contributed by atoms with Crippen molar-refractivity contribution < 1.29 is 15.0 Å². The van der Waals surface area contributed by atoms with Crippen molar-refractivity contribution in [2.75, 3.05) is 39.8 Å². The summed E-state index contributed by atoms with van der Waals surface area (Å²) < 4.78 is 0. The molecule has 1 aromatic carbocycles. The van der Waals surface area contributed by atoms with Crippen LogP contribution in [0.4, 0.5) is 4.79 Å². The van der Waals surface area contributed by atoms with Gasteiger partial charge in [-0.3, -0.25) is 4.90 Å². The van der Waals surface area contributed by atoms with Crippen molar-refractivity contribution in [1.29, 1.82) is 0 Å². The lowest BCUT2D eigenvalue weighted by molar-refractivity contribution is 0.138. The molecule has 0 spiro atoms. The lowest BCUT2D eigenvalue weighted by Gasteiger charge is -2.34. The van der Waals surface area contributed by atoms with E-state index in [1.165, 1.54) is 0 Å². The van der Waals surface area contributed by atoms with Gasteiger partial charge in [-0.2, -0.15) is 0 Å². The molecule has 1 heterocycles. The highest BCUT2D eigenvalue weighted by Gasteiger charge is 2.20. The third kappa shape index (κ3) is 4.11. The maximum absolute atomic E-state index is 11.0. The van der Waals surface area contributed by atoms with E-state index >= 15 is 0 Å². The van der Waals surface area contributed by atoms with Crippen molar-refractivity contribution >= 4 is 6.09 Å². The highest BCUT2D eigenvalue weighted by Crippen LogP contribution is 2.18. The van der Waals surface area contributed by atoms with E-state index in [9.17, 15) is 9.90 Å². The van der Waals surface area contributed by atoms with Crippen LogP contribution in [-0.4, -0.2) is 65.9 Å². The summed E-state index contributed by atoms with van der Waals surface area (Å²) in [6, 6.07) is 6.39. The van der Waals surface area contributed by atoms with Gasteiger partial charge in [-0.25, -0.2) is 4.79 Å². The number of likely N-dealkylation sites (N-methyl/N-ethyl adjacent to an activating group) is 1. The molecular weight excluding hydrogens is 258 g/mol. The number of carbonyl (C=O) groups is 1. The molecule has 0 radical (unpaired) electrons. The van der Waals surface area contributed by atoms with Crippen molar-refractivity contribution in [2.24, 2.45) is 0 Å². The number of rotatable bonds is 4. The largest absolute Gasteiger partial charge is 0.508 e. The summed E-state index contributed by atoms with van der Waals surface area (Å²) in [7, 11) is 2.09. The number of nitrogens with zero attached hydrogens (tertiary/aromatic N) is 2. The summed E-state index contributed by atoms with van der Waals surface area (Å²) in [6.07, 6.45) is -1.03. The first-order valence-corrected chi connectivity index (χ1v) is 6.74. The fraction of sp³-hybridized carbons (Fsp3) is 0.500. The molecule has 0 unspecified atom stereocenters. The molecule has 1 atom stereocenters. The van der Waals surface area contributed by atoms with Crippen LogP contribution in [0.2, 0.25) is 0 Å². The zero-order valence-corrected chi connectivity index (χ0v) is 11.6. The molecule has 1 amide bonds. The monoisotopic (exact) mass is 279 g/mol. The van der Waals surface area contributed by atoms with Gasteiger partial charge in [-0.15, -0.1) is 0 Å². The molecule has 110 valence electrons. The van der Waals surface area contributed by atoms with E-state index in [4.69, 9.17) is 5.11 Å². The van der Waals surface area contributed by atoms with Crippen LogP contribution in [0.3, 0.4) is 0 Å². The zero-order valence-electron chi connectivity index (χ0n) is 11.6. The Labute approximate surface area is 118 Å². The van der Waals surface area contributed by atoms with Crippen LogP contribution in [-0.2, 0) is 0 Å². The number of phenols is 1. The van der Waals surface area contributed by atoms with Crippen LogP contribution >= 0.6 is 0 Å². The number of hydrogen-bond donors (Lipinski definition) is 3. The van der Waals surface area contributed by atoms with Crippen molar-refractivity contribution in [1.82, 2.24) is 15.1 Å². The van der Waals surface area contributed by atoms with Gasteiger partial charge in [0.25, 0.3) is 0 Å². The second-order valence-electron chi connectivity index (χ2n) is 5.20. The van der Waals surface area contributed by atoms with Crippen molar-refractivity contribution in [3.63, 3.8) is 0 Å². The molecule has 1 aromatic rings. The average Bonchev–Trinajstić information content (AvgIpc) is 2.41. The van der Waals surface area contributed by atoms with Gasteiger partial charge in [0.15, 0.2) is 0 Å². The van der Waals surface area contributed by atoms with Gasteiger partial charge in [0.1, 0.15) is 5.75 Å². The molecule has 3 N–H and O–H groups in total. The Hall–Kier alpha value is -1.79. The van der Waals surface area contributed by atoms with Crippen LogP contribution in [0.15, 0.2) is 24.3 Å². The maximum Gasteiger partial charge on any atom is 0.405 e. The number of nitrogens with one attached hydrogen (secondary N) is 1. The maximum atomic E-state index is 11.0. The molecule has 0 bridgehead atoms. The third-order valence-electron chi connectivity index (χ3n) is 3.63. The summed E-state index contributed by atoms with van der Waals surface area (Å²) in [5, 5.41) is 20.9. The van der Waals surface area contributed by atoms with Gasteiger partial charge in [0.2, 0.25) is 0 Å². The number of hydrogen-bond acceptors (Lipinski definition) is 4. The van der Waals surface area contributed by atoms with Crippen molar-refractivity contribution in [3.8, 4) is 5.75 Å². The van der Waals surface area contributed by atoms with E-state index in [1.807, 2.05) is 0 Å². The topological polar surface area (TPSA) is 76.0 Å². The Morgan fingerprint density at radius 3 is 2.40 bits per heavy atom. The van der Waals surface area contributed by atoms with Crippen LogP contribution < -0.4 is 5.32 Å². The van der Waals surface area contributed by atoms with E-state index < -0.39 is 6.09 Å². The van der Waals surface area contributed by atoms with Gasteiger partial charge in [-0.05, 0) is 24.7 Å². The number of phenolic OH excluding ortho intramolecular Hbond substituents is 1. The first kappa shape index (κ1) is 14.6. The summed E-state index contributed by atoms with van der Waals surface area (Å²) in [5.41, 5.74) is 0.865. The van der Waals surface area contributed by atoms with E-state index in [0.29, 0.717) is 6.54 Å². The van der Waals surface area contributed by atoms with Crippen LogP contribution in [0, 0.1) is 0 Å². The van der Waals surface area contributed by atoms with Gasteiger partial charge in [0.05, 0.1) is 6.04 Å². The number of aromatic hydroxyl groups is 1. The minimum atomic E-state index is -1.03. The SMILES string of the molecule is CN1CCN(C[C@H](NC(=O)O)c2ccc(O)cc2)CC1. The summed E-state index contributed by atoms with van der Waals surface area (Å²) in [5.74, 6) is 0.183. The van der Waals surface area contributed by atoms with E-state index in [-0.39, 0.29) is 11.8 Å². The van der Waals surface area contributed by atoms with Gasteiger partial charge >= 0.3 is 6.09 Å². The lowest BCUT2D eigenvalue weighted by Crippen LogP contribution is -2.47. The zero-order chi connectivity index (χ0) is 14.5. The predicted octanol–water partition coefficient (Wildman–Crippen LogP) is 0.948. The summed E-state index contributed by atoms with van der Waals surface area (Å²) >= 11 is 0. The number of benzene rings is 1. The summed E-state index contributed by atoms with van der Waals surface area (Å²) in [4.78, 5) is 15.5. The summed E-state index contributed by atoms with van der Waals surface area (Å²) in [6.45, 7) is 4.51. The second-order valence-corrected chi connectivity index (χ2v) is 5.20. The second kappa shape index (κ2) is 6.58. The minimum absolute atomic E-state index is 0.183. The lowest BCUT2D eigenvalue weighted by atomic mass is 10.1. The van der Waals surface area contributed by atoms with Crippen molar-refractivity contribution in [3.05, 3.63) is 29.8 Å². The smallest absolute Gasteiger partial charge is 0.405 e. The molecule has 1 fully saturated rings. The Morgan fingerprint density at radius 2 is 1.85 bits per heavy atom. The molecule has 6 heteroatoms. The fourth-order valence-electron chi connectivity index (χ4n) is 2.38. The fourth-order valence-corrected chi connectivity index (χ4v) is 2.38. The molecule has 0 saturated carbocycles. The Kier molecular flexibility index (Phi) is 4.81. The quantitative estimate of drug-likeness (QED) is 0.765. The molecule has 1 saturated heterocycles. The third-order valence-corrected chi connectivity index (χ3v) is 3.63. The van der Waals surface area contributed by atoms with Crippen LogP contribution in [0.5, 0.6) is 5.75 Å². The molecule has 1 aliphatic heterocycles. The first-order chi connectivity index (χ1) is 9.54. The Bertz CT molecular complexity index is 441. The minimum Gasteiger partial charge on any atom is -0.508 e. The van der Waals surface area contributed by atoms with Gasteiger partial charge in [0, 0.05) is 32.7 Å². The van der Waals surface area contributed by atoms with E-state index in [0.717, 1.165) is 31.7 Å². The van der Waals surface area contributed by atoms with Gasteiger partial charge < -0.3 is 20.4 Å².